The lowest BCUT2D eigenvalue weighted by molar-refractivity contribution is -0.893. The van der Waals surface area contributed by atoms with Gasteiger partial charge in [0.05, 0.1) is 24.9 Å². The number of aliphatic hydroxyl groups excluding tert-OH is 1. The van der Waals surface area contributed by atoms with Crippen LogP contribution in [0.4, 0.5) is 0 Å². The first-order valence-electron chi connectivity index (χ1n) is 6.93. The number of quaternary nitrogens is 1. The van der Waals surface area contributed by atoms with E-state index in [1.54, 1.807) is 0 Å². The molecular formula is C12H25NO3P+. The Morgan fingerprint density at radius 2 is 1.71 bits per heavy atom. The van der Waals surface area contributed by atoms with Crippen LogP contribution in [0.5, 0.6) is 0 Å². The van der Waals surface area contributed by atoms with E-state index in [1.807, 2.05) is 0 Å². The van der Waals surface area contributed by atoms with Crippen LogP contribution in [0, 0.1) is 0 Å². The van der Waals surface area contributed by atoms with Gasteiger partial charge >= 0.3 is 0 Å². The van der Waals surface area contributed by atoms with Crippen LogP contribution in [0.2, 0.25) is 0 Å². The molecule has 1 saturated carbocycles. The number of hydrogen-bond acceptors (Lipinski definition) is 2. The molecule has 2 aliphatic rings. The maximum Gasteiger partial charge on any atom is 0.258 e. The fourth-order valence-electron chi connectivity index (χ4n) is 3.21. The fourth-order valence-corrected chi connectivity index (χ4v) is 5.67. The van der Waals surface area contributed by atoms with Crippen LogP contribution in [0.15, 0.2) is 0 Å². The number of nitrogens with one attached hydrogen (secondary N) is 1. The van der Waals surface area contributed by atoms with Gasteiger partial charge in [-0.3, -0.25) is 4.57 Å². The number of piperidine rings is 1. The quantitative estimate of drug-likeness (QED) is 0.652. The smallest absolute Gasteiger partial charge is 0.258 e. The van der Waals surface area contributed by atoms with Crippen LogP contribution in [-0.2, 0) is 4.57 Å². The summed E-state index contributed by atoms with van der Waals surface area (Å²) in [5.41, 5.74) is -0.356. The molecule has 5 heteroatoms. The molecule has 0 aromatic rings. The number of hydrogen-bond donors (Lipinski definition) is 3. The Morgan fingerprint density at radius 1 is 1.06 bits per heavy atom. The van der Waals surface area contributed by atoms with E-state index in [9.17, 15) is 14.6 Å². The molecule has 4 nitrogen and oxygen atoms in total. The van der Waals surface area contributed by atoms with Gasteiger partial charge in [-0.2, -0.15) is 0 Å². The molecule has 0 aromatic heterocycles. The third-order valence-electron chi connectivity index (χ3n) is 4.22. The molecule has 3 atom stereocenters. The summed E-state index contributed by atoms with van der Waals surface area (Å²) in [7, 11) is -3.18. The second-order valence-electron chi connectivity index (χ2n) is 5.64. The number of aliphatic hydroxyl groups is 1. The second-order valence-corrected chi connectivity index (χ2v) is 8.13. The lowest BCUT2D eigenvalue weighted by Gasteiger charge is -2.33. The van der Waals surface area contributed by atoms with E-state index < -0.39 is 13.5 Å². The SMILES string of the molecule is O=P(O)(C[NH+]1CCCCC1)[C@@H]1CCCC[C@@H]1O. The lowest BCUT2D eigenvalue weighted by Crippen LogP contribution is -3.12. The molecule has 100 valence electrons. The van der Waals surface area contributed by atoms with Gasteiger partial charge in [0, 0.05) is 0 Å². The summed E-state index contributed by atoms with van der Waals surface area (Å²) in [5.74, 6) is 0. The topological polar surface area (TPSA) is 62.0 Å². The van der Waals surface area contributed by atoms with Gasteiger partial charge in [0.25, 0.3) is 7.37 Å². The van der Waals surface area contributed by atoms with E-state index in [0.717, 1.165) is 32.4 Å². The van der Waals surface area contributed by atoms with Crippen LogP contribution in [0.3, 0.4) is 0 Å². The molecule has 1 saturated heterocycles. The van der Waals surface area contributed by atoms with Crippen LogP contribution >= 0.6 is 7.37 Å². The standard InChI is InChI=1S/C12H24NO3P/c14-11-6-2-3-7-12(11)17(15,16)10-13-8-4-1-5-9-13/h11-12,14H,1-10H2,(H,15,16)/p+1/t11-,12+/m0/s1. The van der Waals surface area contributed by atoms with Crippen molar-refractivity contribution < 1.29 is 19.5 Å². The summed E-state index contributed by atoms with van der Waals surface area (Å²) in [5, 5.41) is 9.89. The maximum absolute atomic E-state index is 12.4. The van der Waals surface area contributed by atoms with E-state index in [0.29, 0.717) is 12.7 Å². The molecule has 0 amide bonds. The zero-order valence-corrected chi connectivity index (χ0v) is 11.4. The molecular weight excluding hydrogens is 237 g/mol. The molecule has 0 spiro atoms. The minimum Gasteiger partial charge on any atom is -0.392 e. The fraction of sp³-hybridized carbons (Fsp3) is 1.00. The number of likely N-dealkylation sites (tertiary alicyclic amines) is 1. The monoisotopic (exact) mass is 262 g/mol. The Balaban J connectivity index is 1.94. The molecule has 0 aromatic carbocycles. The van der Waals surface area contributed by atoms with Crippen LogP contribution in [0.25, 0.3) is 0 Å². The van der Waals surface area contributed by atoms with Crippen molar-refractivity contribution in [2.45, 2.75) is 56.7 Å². The summed E-state index contributed by atoms with van der Waals surface area (Å²) in [6, 6.07) is 0. The van der Waals surface area contributed by atoms with E-state index in [2.05, 4.69) is 0 Å². The van der Waals surface area contributed by atoms with Gasteiger partial charge in [-0.15, -0.1) is 0 Å². The van der Waals surface area contributed by atoms with Crippen molar-refractivity contribution >= 4 is 7.37 Å². The van der Waals surface area contributed by atoms with Crippen molar-refractivity contribution in [3.05, 3.63) is 0 Å². The summed E-state index contributed by atoms with van der Waals surface area (Å²) in [6.07, 6.45) is 6.82. The third kappa shape index (κ3) is 3.54. The minimum absolute atomic E-state index is 0.356. The Labute approximate surface area is 103 Å². The van der Waals surface area contributed by atoms with Crippen LogP contribution in [0.1, 0.15) is 44.9 Å². The van der Waals surface area contributed by atoms with Crippen molar-refractivity contribution in [1.29, 1.82) is 0 Å². The van der Waals surface area contributed by atoms with E-state index in [4.69, 9.17) is 0 Å². The molecule has 17 heavy (non-hydrogen) atoms. The average molecular weight is 262 g/mol. The molecule has 1 aliphatic heterocycles. The first kappa shape index (κ1) is 13.5. The zero-order chi connectivity index (χ0) is 12.3. The Bertz CT molecular complexity index is 291. The minimum atomic E-state index is -3.18. The first-order chi connectivity index (χ1) is 8.09. The highest BCUT2D eigenvalue weighted by Gasteiger charge is 2.41. The van der Waals surface area contributed by atoms with Gasteiger partial charge in [-0.1, -0.05) is 12.8 Å². The largest absolute Gasteiger partial charge is 0.392 e. The molecule has 1 aliphatic carbocycles. The van der Waals surface area contributed by atoms with Crippen molar-refractivity contribution in [1.82, 2.24) is 0 Å². The predicted molar refractivity (Wildman–Crippen MR) is 67.5 cm³/mol. The van der Waals surface area contributed by atoms with Gasteiger partial charge in [-0.05, 0) is 32.1 Å². The highest BCUT2D eigenvalue weighted by Crippen LogP contribution is 2.50. The molecule has 3 N–H and O–H groups in total. The molecule has 0 radical (unpaired) electrons. The van der Waals surface area contributed by atoms with Gasteiger partial charge in [-0.25, -0.2) is 0 Å². The van der Waals surface area contributed by atoms with Crippen molar-refractivity contribution in [2.75, 3.05) is 19.4 Å². The van der Waals surface area contributed by atoms with Gasteiger partial charge in [0.1, 0.15) is 0 Å². The highest BCUT2D eigenvalue weighted by molar-refractivity contribution is 7.58. The Hall–Kier alpha value is 0.110. The summed E-state index contributed by atoms with van der Waals surface area (Å²) < 4.78 is 12.4. The van der Waals surface area contributed by atoms with E-state index in [-0.39, 0.29) is 5.66 Å². The first-order valence-corrected chi connectivity index (χ1v) is 8.84. The predicted octanol–water partition coefficient (Wildman–Crippen LogP) is 0.587. The Morgan fingerprint density at radius 3 is 2.35 bits per heavy atom. The van der Waals surface area contributed by atoms with Crippen molar-refractivity contribution in [2.24, 2.45) is 0 Å². The average Bonchev–Trinajstić information content (AvgIpc) is 2.30. The van der Waals surface area contributed by atoms with Crippen molar-refractivity contribution in [3.63, 3.8) is 0 Å². The zero-order valence-electron chi connectivity index (χ0n) is 10.5. The van der Waals surface area contributed by atoms with E-state index in [1.165, 1.54) is 24.2 Å². The van der Waals surface area contributed by atoms with E-state index >= 15 is 0 Å². The molecule has 1 heterocycles. The summed E-state index contributed by atoms with van der Waals surface area (Å²) in [6.45, 7) is 2.04. The van der Waals surface area contributed by atoms with Crippen molar-refractivity contribution in [3.8, 4) is 0 Å². The van der Waals surface area contributed by atoms with Gasteiger partial charge in [0.2, 0.25) is 0 Å². The molecule has 0 bridgehead atoms. The third-order valence-corrected chi connectivity index (χ3v) is 6.76. The molecule has 2 rings (SSSR count). The number of rotatable bonds is 3. The van der Waals surface area contributed by atoms with Crippen LogP contribution < -0.4 is 4.90 Å². The van der Waals surface area contributed by atoms with Gasteiger partial charge < -0.3 is 14.9 Å². The molecule has 1 unspecified atom stereocenters. The second kappa shape index (κ2) is 5.83. The summed E-state index contributed by atoms with van der Waals surface area (Å²) in [4.78, 5) is 11.5. The Kier molecular flexibility index (Phi) is 4.65. The highest BCUT2D eigenvalue weighted by atomic mass is 31.2. The molecule has 2 fully saturated rings. The lowest BCUT2D eigenvalue weighted by atomic mass is 9.97. The normalized spacial score (nSPS) is 35.4. The summed E-state index contributed by atoms with van der Waals surface area (Å²) >= 11 is 0. The maximum atomic E-state index is 12.4. The van der Waals surface area contributed by atoms with Crippen LogP contribution in [-0.4, -0.2) is 41.1 Å². The van der Waals surface area contributed by atoms with Gasteiger partial charge in [0.15, 0.2) is 6.29 Å².